The van der Waals surface area contributed by atoms with Crippen LogP contribution in [0, 0.1) is 0 Å². The number of carbonyl (C=O) groups is 1. The minimum Gasteiger partial charge on any atom is -0.466 e. The lowest BCUT2D eigenvalue weighted by Crippen LogP contribution is -2.31. The van der Waals surface area contributed by atoms with E-state index in [1.54, 1.807) is 6.92 Å². The number of hydrogen-bond acceptors (Lipinski definition) is 4. The van der Waals surface area contributed by atoms with Gasteiger partial charge in [0.1, 0.15) is 6.61 Å². The van der Waals surface area contributed by atoms with E-state index in [0.29, 0.717) is 13.2 Å². The minimum absolute atomic E-state index is 0.0160. The first-order chi connectivity index (χ1) is 7.72. The number of hydrogen-bond donors (Lipinski definition) is 1. The molecular weight excluding hydrogens is 226 g/mol. The van der Waals surface area contributed by atoms with Gasteiger partial charge in [0.25, 0.3) is 5.17 Å². The highest BCUT2D eigenvalue weighted by atomic mass is 32.1. The summed E-state index contributed by atoms with van der Waals surface area (Å²) in [6, 6.07) is 9.54. The van der Waals surface area contributed by atoms with Gasteiger partial charge in [-0.05, 0) is 24.7 Å². The normalized spacial score (nSPS) is 9.31. The number of carbonyl (C=O) groups excluding carboxylic acids is 1. The Morgan fingerprint density at radius 3 is 2.62 bits per heavy atom. The predicted octanol–water partition coefficient (Wildman–Crippen LogP) is 2.23. The van der Waals surface area contributed by atoms with Crippen molar-refractivity contribution in [1.82, 2.24) is 5.32 Å². The number of ether oxygens (including phenoxy) is 2. The summed E-state index contributed by atoms with van der Waals surface area (Å²) in [6.07, 6.45) is -0.597. The van der Waals surface area contributed by atoms with Crippen LogP contribution in [0.1, 0.15) is 12.5 Å². The highest BCUT2D eigenvalue weighted by molar-refractivity contribution is 7.80. The molecule has 0 aliphatic heterocycles. The van der Waals surface area contributed by atoms with Crippen LogP contribution in [0.4, 0.5) is 4.79 Å². The molecule has 0 radical (unpaired) electrons. The van der Waals surface area contributed by atoms with Crippen LogP contribution in [-0.4, -0.2) is 17.9 Å². The van der Waals surface area contributed by atoms with Gasteiger partial charge >= 0.3 is 6.09 Å². The van der Waals surface area contributed by atoms with Gasteiger partial charge in [0.15, 0.2) is 0 Å². The summed E-state index contributed by atoms with van der Waals surface area (Å²) in [4.78, 5) is 11.0. The van der Waals surface area contributed by atoms with Gasteiger partial charge in [-0.1, -0.05) is 30.3 Å². The Morgan fingerprint density at radius 1 is 1.31 bits per heavy atom. The molecule has 0 saturated carbocycles. The third-order valence-corrected chi connectivity index (χ3v) is 1.91. The third kappa shape index (κ3) is 4.75. The van der Waals surface area contributed by atoms with E-state index in [2.05, 4.69) is 10.1 Å². The van der Waals surface area contributed by atoms with Gasteiger partial charge < -0.3 is 9.47 Å². The van der Waals surface area contributed by atoms with Crippen LogP contribution in [0.5, 0.6) is 0 Å². The van der Waals surface area contributed by atoms with Crippen LogP contribution in [0.2, 0.25) is 0 Å². The maximum atomic E-state index is 11.0. The first kappa shape index (κ1) is 12.4. The van der Waals surface area contributed by atoms with Gasteiger partial charge in [0, 0.05) is 0 Å². The molecule has 16 heavy (non-hydrogen) atoms. The van der Waals surface area contributed by atoms with E-state index in [1.807, 2.05) is 30.3 Å². The van der Waals surface area contributed by atoms with E-state index in [0.717, 1.165) is 5.56 Å². The van der Waals surface area contributed by atoms with E-state index in [1.165, 1.54) is 0 Å². The lowest BCUT2D eigenvalue weighted by Gasteiger charge is -2.08. The van der Waals surface area contributed by atoms with Crippen LogP contribution in [0.3, 0.4) is 0 Å². The summed E-state index contributed by atoms with van der Waals surface area (Å²) in [5, 5.41) is 2.32. The number of alkyl carbamates (subject to hydrolysis) is 1. The van der Waals surface area contributed by atoms with Gasteiger partial charge in [0.2, 0.25) is 0 Å². The number of rotatable bonds is 3. The van der Waals surface area contributed by atoms with E-state index in [-0.39, 0.29) is 5.17 Å². The Morgan fingerprint density at radius 2 is 2.00 bits per heavy atom. The average molecular weight is 239 g/mol. The van der Waals surface area contributed by atoms with Crippen molar-refractivity contribution in [1.29, 1.82) is 0 Å². The largest absolute Gasteiger partial charge is 0.466 e. The molecule has 0 heterocycles. The molecule has 1 amide bonds. The van der Waals surface area contributed by atoms with Gasteiger partial charge in [-0.25, -0.2) is 4.79 Å². The summed E-state index contributed by atoms with van der Waals surface area (Å²) in [5.74, 6) is 0. The summed E-state index contributed by atoms with van der Waals surface area (Å²) in [7, 11) is 0. The number of amides is 1. The van der Waals surface area contributed by atoms with Crippen molar-refractivity contribution in [3.63, 3.8) is 0 Å². The second kappa shape index (κ2) is 6.79. The lowest BCUT2D eigenvalue weighted by atomic mass is 10.2. The monoisotopic (exact) mass is 239 g/mol. The second-order valence-corrected chi connectivity index (χ2v) is 3.28. The van der Waals surface area contributed by atoms with Crippen molar-refractivity contribution in [2.75, 3.05) is 6.61 Å². The van der Waals surface area contributed by atoms with E-state index in [9.17, 15) is 4.79 Å². The molecule has 1 aromatic rings. The quantitative estimate of drug-likeness (QED) is 0.822. The first-order valence-electron chi connectivity index (χ1n) is 4.87. The van der Waals surface area contributed by atoms with Crippen LogP contribution in [-0.2, 0) is 16.1 Å². The van der Waals surface area contributed by atoms with E-state index >= 15 is 0 Å². The fourth-order valence-electron chi connectivity index (χ4n) is 1.01. The lowest BCUT2D eigenvalue weighted by molar-refractivity contribution is 0.154. The second-order valence-electron chi connectivity index (χ2n) is 2.91. The molecule has 86 valence electrons. The summed E-state index contributed by atoms with van der Waals surface area (Å²) in [6.45, 7) is 2.34. The Balaban J connectivity index is 2.28. The zero-order valence-corrected chi connectivity index (χ0v) is 9.75. The van der Waals surface area contributed by atoms with Crippen molar-refractivity contribution in [2.24, 2.45) is 0 Å². The SMILES string of the molecule is CCOC(=O)NC(=S)OCc1ccccc1. The number of benzene rings is 1. The highest BCUT2D eigenvalue weighted by Gasteiger charge is 2.04. The number of nitrogens with one attached hydrogen (secondary N) is 1. The van der Waals surface area contributed by atoms with Crippen molar-refractivity contribution in [2.45, 2.75) is 13.5 Å². The summed E-state index contributed by atoms with van der Waals surface area (Å²) in [5.41, 5.74) is 0.982. The van der Waals surface area contributed by atoms with Crippen LogP contribution >= 0.6 is 12.2 Å². The predicted molar refractivity (Wildman–Crippen MR) is 64.0 cm³/mol. The highest BCUT2D eigenvalue weighted by Crippen LogP contribution is 2.00. The first-order valence-corrected chi connectivity index (χ1v) is 5.27. The fraction of sp³-hybridized carbons (Fsp3) is 0.273. The van der Waals surface area contributed by atoms with Crippen molar-refractivity contribution in [3.8, 4) is 0 Å². The Kier molecular flexibility index (Phi) is 5.28. The molecule has 0 unspecified atom stereocenters. The zero-order chi connectivity index (χ0) is 11.8. The molecule has 0 saturated heterocycles. The van der Waals surface area contributed by atoms with E-state index in [4.69, 9.17) is 17.0 Å². The van der Waals surface area contributed by atoms with Gasteiger partial charge in [-0.2, -0.15) is 0 Å². The Hall–Kier alpha value is -1.62. The van der Waals surface area contributed by atoms with Crippen LogP contribution < -0.4 is 5.32 Å². The van der Waals surface area contributed by atoms with Crippen molar-refractivity contribution >= 4 is 23.5 Å². The minimum atomic E-state index is -0.597. The third-order valence-electron chi connectivity index (χ3n) is 1.69. The van der Waals surface area contributed by atoms with Crippen molar-refractivity contribution in [3.05, 3.63) is 35.9 Å². The van der Waals surface area contributed by atoms with E-state index < -0.39 is 6.09 Å². The standard InChI is InChI=1S/C11H13NO3S/c1-2-14-10(13)12-11(16)15-8-9-6-4-3-5-7-9/h3-7H,2,8H2,1H3,(H,12,13,16). The molecule has 0 aromatic heterocycles. The van der Waals surface area contributed by atoms with Crippen molar-refractivity contribution < 1.29 is 14.3 Å². The molecule has 5 heteroatoms. The topological polar surface area (TPSA) is 47.6 Å². The molecule has 0 fully saturated rings. The molecular formula is C11H13NO3S. The molecule has 1 rings (SSSR count). The summed E-state index contributed by atoms with van der Waals surface area (Å²) < 4.78 is 9.81. The maximum Gasteiger partial charge on any atom is 0.414 e. The fourth-order valence-corrected chi connectivity index (χ4v) is 1.15. The molecule has 4 nitrogen and oxygen atoms in total. The molecule has 0 aliphatic rings. The molecule has 0 spiro atoms. The average Bonchev–Trinajstić information content (AvgIpc) is 2.28. The van der Waals surface area contributed by atoms with Gasteiger partial charge in [-0.15, -0.1) is 0 Å². The Labute approximate surface area is 99.6 Å². The van der Waals surface area contributed by atoms with Crippen LogP contribution in [0.25, 0.3) is 0 Å². The summed E-state index contributed by atoms with van der Waals surface area (Å²) >= 11 is 4.81. The van der Waals surface area contributed by atoms with Crippen LogP contribution in [0.15, 0.2) is 30.3 Å². The molecule has 0 aliphatic carbocycles. The maximum absolute atomic E-state index is 11.0. The number of thiocarbonyl (C=S) groups is 1. The zero-order valence-electron chi connectivity index (χ0n) is 8.93. The molecule has 1 N–H and O–H groups in total. The van der Waals surface area contributed by atoms with Gasteiger partial charge in [0.05, 0.1) is 6.61 Å². The smallest absolute Gasteiger partial charge is 0.414 e. The molecule has 0 bridgehead atoms. The Bertz CT molecular complexity index is 354. The molecule has 0 atom stereocenters. The molecule has 1 aromatic carbocycles. The van der Waals surface area contributed by atoms with Gasteiger partial charge in [-0.3, -0.25) is 5.32 Å².